The second-order valence-corrected chi connectivity index (χ2v) is 4.88. The Kier molecular flexibility index (Phi) is 2.49. The zero-order valence-corrected chi connectivity index (χ0v) is 8.77. The number of aliphatic hydroxyl groups excluding tert-OH is 1. The van der Waals surface area contributed by atoms with Gasteiger partial charge in [-0.15, -0.1) is 0 Å². The predicted molar refractivity (Wildman–Crippen MR) is 53.8 cm³/mol. The zero-order valence-electron chi connectivity index (χ0n) is 7.96. The molecule has 0 amide bonds. The van der Waals surface area contributed by atoms with E-state index in [1.54, 1.807) is 6.20 Å². The van der Waals surface area contributed by atoms with Gasteiger partial charge in [0, 0.05) is 11.8 Å². The van der Waals surface area contributed by atoms with Crippen LogP contribution < -0.4 is 0 Å². The molecule has 1 heterocycles. The fourth-order valence-electron chi connectivity index (χ4n) is 1.22. The van der Waals surface area contributed by atoms with E-state index in [0.717, 1.165) is 22.9 Å². The van der Waals surface area contributed by atoms with Crippen LogP contribution in [0.15, 0.2) is 17.3 Å². The van der Waals surface area contributed by atoms with Gasteiger partial charge in [-0.1, -0.05) is 11.8 Å². The number of hydrogen-bond donors (Lipinski definition) is 1. The molecule has 1 saturated carbocycles. The van der Waals surface area contributed by atoms with Crippen LogP contribution in [0, 0.1) is 6.92 Å². The summed E-state index contributed by atoms with van der Waals surface area (Å²) in [6.07, 6.45) is 2.85. The third-order valence-corrected chi connectivity index (χ3v) is 3.65. The van der Waals surface area contributed by atoms with Crippen LogP contribution in [0.1, 0.15) is 24.0 Å². The smallest absolute Gasteiger partial charge is 0.162 e. The summed E-state index contributed by atoms with van der Waals surface area (Å²) in [7, 11) is 0. The van der Waals surface area contributed by atoms with E-state index in [2.05, 4.69) is 4.98 Å². The number of nitrogens with zero attached hydrogens (tertiary/aromatic N) is 1. The van der Waals surface area contributed by atoms with Gasteiger partial charge in [-0.05, 0) is 31.4 Å². The summed E-state index contributed by atoms with van der Waals surface area (Å²) in [6, 6.07) is 1.83. The molecule has 0 aromatic carbocycles. The molecule has 1 aliphatic rings. The maximum Gasteiger partial charge on any atom is 0.162 e. The van der Waals surface area contributed by atoms with Crippen LogP contribution in [-0.2, 0) is 6.61 Å². The molecule has 0 radical (unpaired) electrons. The Balaban J connectivity index is 2.27. The van der Waals surface area contributed by atoms with Crippen molar-refractivity contribution >= 4 is 11.8 Å². The first kappa shape index (κ1) is 9.93. The van der Waals surface area contributed by atoms with Crippen molar-refractivity contribution < 1.29 is 9.50 Å². The van der Waals surface area contributed by atoms with E-state index in [0.29, 0.717) is 17.9 Å². The SMILES string of the molecule is Cc1ccnc(SC2(F)CC2)c1CO. The van der Waals surface area contributed by atoms with Crippen molar-refractivity contribution in [2.24, 2.45) is 0 Å². The summed E-state index contributed by atoms with van der Waals surface area (Å²) < 4.78 is 13.5. The maximum absolute atomic E-state index is 13.5. The number of rotatable bonds is 3. The quantitative estimate of drug-likeness (QED) is 0.837. The van der Waals surface area contributed by atoms with Crippen molar-refractivity contribution in [1.82, 2.24) is 4.98 Å². The molecule has 4 heteroatoms. The van der Waals surface area contributed by atoms with Crippen LogP contribution in [0.3, 0.4) is 0 Å². The number of pyridine rings is 1. The van der Waals surface area contributed by atoms with Crippen LogP contribution in [0.25, 0.3) is 0 Å². The highest BCUT2D eigenvalue weighted by molar-refractivity contribution is 8.00. The molecular weight excluding hydrogens is 201 g/mol. The minimum Gasteiger partial charge on any atom is -0.392 e. The lowest BCUT2D eigenvalue weighted by Gasteiger charge is -2.10. The van der Waals surface area contributed by atoms with Crippen LogP contribution >= 0.6 is 11.8 Å². The topological polar surface area (TPSA) is 33.1 Å². The normalized spacial score (nSPS) is 18.2. The van der Waals surface area contributed by atoms with Gasteiger partial charge in [0.1, 0.15) is 5.03 Å². The van der Waals surface area contributed by atoms with Crippen LogP contribution in [0.5, 0.6) is 0 Å². The highest BCUT2D eigenvalue weighted by Crippen LogP contribution is 2.53. The van der Waals surface area contributed by atoms with Crippen molar-refractivity contribution in [3.8, 4) is 0 Å². The largest absolute Gasteiger partial charge is 0.392 e. The third kappa shape index (κ3) is 1.91. The number of thioether (sulfide) groups is 1. The lowest BCUT2D eigenvalue weighted by molar-refractivity contribution is 0.277. The number of aryl methyl sites for hydroxylation is 1. The molecule has 76 valence electrons. The summed E-state index contributed by atoms with van der Waals surface area (Å²) in [5, 5.41) is 8.65. The zero-order chi connectivity index (χ0) is 10.2. The van der Waals surface area contributed by atoms with Gasteiger partial charge >= 0.3 is 0 Å². The van der Waals surface area contributed by atoms with E-state index in [4.69, 9.17) is 5.11 Å². The molecular formula is C10H12FNOS. The van der Waals surface area contributed by atoms with E-state index in [1.165, 1.54) is 0 Å². The molecule has 1 N–H and O–H groups in total. The monoisotopic (exact) mass is 213 g/mol. The van der Waals surface area contributed by atoms with Gasteiger partial charge in [0.15, 0.2) is 5.00 Å². The first-order valence-corrected chi connectivity index (χ1v) is 5.39. The molecule has 0 bridgehead atoms. The van der Waals surface area contributed by atoms with E-state index in [9.17, 15) is 4.39 Å². The van der Waals surface area contributed by atoms with Crippen LogP contribution in [-0.4, -0.2) is 15.1 Å². The molecule has 1 fully saturated rings. The maximum atomic E-state index is 13.5. The van der Waals surface area contributed by atoms with Gasteiger partial charge in [0.2, 0.25) is 0 Å². The molecule has 2 rings (SSSR count). The van der Waals surface area contributed by atoms with E-state index < -0.39 is 5.00 Å². The Morgan fingerprint density at radius 2 is 2.36 bits per heavy atom. The van der Waals surface area contributed by atoms with E-state index in [1.807, 2.05) is 13.0 Å². The lowest BCUT2D eigenvalue weighted by atomic mass is 10.2. The van der Waals surface area contributed by atoms with Gasteiger partial charge in [-0.25, -0.2) is 9.37 Å². The Bertz CT molecular complexity index is 352. The number of aromatic nitrogens is 1. The van der Waals surface area contributed by atoms with E-state index >= 15 is 0 Å². The van der Waals surface area contributed by atoms with Gasteiger partial charge in [0.25, 0.3) is 0 Å². The average Bonchev–Trinajstić information content (AvgIpc) is 2.84. The number of hydrogen-bond acceptors (Lipinski definition) is 3. The van der Waals surface area contributed by atoms with E-state index in [-0.39, 0.29) is 6.61 Å². The number of halogens is 1. The molecule has 14 heavy (non-hydrogen) atoms. The van der Waals surface area contributed by atoms with Gasteiger partial charge in [-0.2, -0.15) is 0 Å². The van der Waals surface area contributed by atoms with Crippen molar-refractivity contribution in [2.45, 2.75) is 36.4 Å². The summed E-state index contributed by atoms with van der Waals surface area (Å²) >= 11 is 1.14. The van der Waals surface area contributed by atoms with Crippen molar-refractivity contribution in [3.63, 3.8) is 0 Å². The Labute approximate surface area is 86.6 Å². The fourth-order valence-corrected chi connectivity index (χ4v) is 2.33. The second-order valence-electron chi connectivity index (χ2n) is 3.55. The summed E-state index contributed by atoms with van der Waals surface area (Å²) in [4.78, 5) is 4.10. The minimum absolute atomic E-state index is 0.0713. The van der Waals surface area contributed by atoms with Crippen LogP contribution in [0.2, 0.25) is 0 Å². The van der Waals surface area contributed by atoms with Crippen molar-refractivity contribution in [3.05, 3.63) is 23.4 Å². The molecule has 0 atom stereocenters. The fraction of sp³-hybridized carbons (Fsp3) is 0.500. The van der Waals surface area contributed by atoms with Crippen molar-refractivity contribution in [1.29, 1.82) is 0 Å². The van der Waals surface area contributed by atoms with Crippen LogP contribution in [0.4, 0.5) is 4.39 Å². The molecule has 0 unspecified atom stereocenters. The first-order chi connectivity index (χ1) is 6.64. The minimum atomic E-state index is -1.12. The average molecular weight is 213 g/mol. The Morgan fingerprint density at radius 3 is 2.93 bits per heavy atom. The molecule has 1 aliphatic carbocycles. The van der Waals surface area contributed by atoms with Crippen molar-refractivity contribution in [2.75, 3.05) is 0 Å². The predicted octanol–water partition coefficient (Wildman–Crippen LogP) is 2.43. The molecule has 2 nitrogen and oxygen atoms in total. The first-order valence-electron chi connectivity index (χ1n) is 4.58. The summed E-state index contributed by atoms with van der Waals surface area (Å²) in [6.45, 7) is 1.83. The molecule has 1 aromatic heterocycles. The van der Waals surface area contributed by atoms with Gasteiger partial charge < -0.3 is 5.11 Å². The standard InChI is InChI=1S/C10H12FNOS/c1-7-2-5-12-9(8(7)6-13)14-10(11)3-4-10/h2,5,13H,3-4,6H2,1H3. The summed E-state index contributed by atoms with van der Waals surface area (Å²) in [5.41, 5.74) is 1.72. The number of alkyl halides is 1. The van der Waals surface area contributed by atoms with Gasteiger partial charge in [0.05, 0.1) is 6.61 Å². The molecule has 0 spiro atoms. The summed E-state index contributed by atoms with van der Waals surface area (Å²) in [5.74, 6) is 0. The molecule has 0 aliphatic heterocycles. The molecule has 0 saturated heterocycles. The lowest BCUT2D eigenvalue weighted by Crippen LogP contribution is -1.99. The number of aliphatic hydroxyl groups is 1. The highest BCUT2D eigenvalue weighted by Gasteiger charge is 2.45. The third-order valence-electron chi connectivity index (χ3n) is 2.33. The Morgan fingerprint density at radius 1 is 1.64 bits per heavy atom. The second kappa shape index (κ2) is 3.51. The molecule has 1 aromatic rings. The highest BCUT2D eigenvalue weighted by atomic mass is 32.2. The van der Waals surface area contributed by atoms with Gasteiger partial charge in [-0.3, -0.25) is 0 Å². The Hall–Kier alpha value is -0.610.